The van der Waals surface area contributed by atoms with Crippen LogP contribution >= 0.6 is 15.9 Å². The minimum atomic E-state index is -1.24. The zero-order chi connectivity index (χ0) is 22.0. The van der Waals surface area contributed by atoms with E-state index in [0.717, 1.165) is 23.7 Å². The van der Waals surface area contributed by atoms with E-state index in [0.29, 0.717) is 28.9 Å². The van der Waals surface area contributed by atoms with Gasteiger partial charge in [0.25, 0.3) is 5.91 Å². The number of nitrogens with one attached hydrogen (secondary N) is 2. The summed E-state index contributed by atoms with van der Waals surface area (Å²) in [4.78, 5) is 41.2. The van der Waals surface area contributed by atoms with E-state index in [9.17, 15) is 14.4 Å². The lowest BCUT2D eigenvalue weighted by Gasteiger charge is -2.28. The van der Waals surface area contributed by atoms with Crippen LogP contribution < -0.4 is 15.5 Å². The number of ether oxygens (including phenoxy) is 1. The number of anilines is 2. The second kappa shape index (κ2) is 8.68. The minimum Gasteiger partial charge on any atom is -0.378 e. The van der Waals surface area contributed by atoms with Gasteiger partial charge in [0.15, 0.2) is 0 Å². The maximum atomic E-state index is 13.0. The van der Waals surface area contributed by atoms with Crippen molar-refractivity contribution in [3.05, 3.63) is 58.6 Å². The summed E-state index contributed by atoms with van der Waals surface area (Å²) in [5.74, 6) is -0.916. The molecular formula is C22H23BrN4O4. The Labute approximate surface area is 188 Å². The number of hydrogen-bond acceptors (Lipinski definition) is 5. The molecule has 0 spiro atoms. The van der Waals surface area contributed by atoms with Crippen molar-refractivity contribution in [2.45, 2.75) is 12.5 Å². The van der Waals surface area contributed by atoms with Gasteiger partial charge in [-0.1, -0.05) is 34.1 Å². The number of morpholine rings is 1. The molecule has 0 bridgehead atoms. The largest absolute Gasteiger partial charge is 0.378 e. The molecule has 2 aromatic carbocycles. The van der Waals surface area contributed by atoms with Crippen LogP contribution in [0.4, 0.5) is 16.2 Å². The van der Waals surface area contributed by atoms with E-state index in [1.54, 1.807) is 37.3 Å². The molecule has 2 N–H and O–H groups in total. The summed E-state index contributed by atoms with van der Waals surface area (Å²) in [5.41, 5.74) is 1.05. The van der Waals surface area contributed by atoms with Crippen molar-refractivity contribution >= 4 is 45.2 Å². The van der Waals surface area contributed by atoms with Gasteiger partial charge in [0.1, 0.15) is 12.1 Å². The number of imide groups is 1. The Morgan fingerprint density at radius 2 is 1.81 bits per heavy atom. The van der Waals surface area contributed by atoms with Crippen LogP contribution in [0.2, 0.25) is 0 Å². The molecule has 4 amide bonds. The fraction of sp³-hybridized carbons (Fsp3) is 0.318. The van der Waals surface area contributed by atoms with E-state index >= 15 is 0 Å². The fourth-order valence-corrected chi connectivity index (χ4v) is 4.49. The molecular weight excluding hydrogens is 464 g/mol. The van der Waals surface area contributed by atoms with Crippen LogP contribution in [0, 0.1) is 0 Å². The highest BCUT2D eigenvalue weighted by molar-refractivity contribution is 9.10. The van der Waals surface area contributed by atoms with Crippen molar-refractivity contribution in [3.8, 4) is 0 Å². The number of halogens is 1. The van der Waals surface area contributed by atoms with Crippen LogP contribution in [0.25, 0.3) is 0 Å². The third-order valence-corrected chi connectivity index (χ3v) is 6.21. The average molecular weight is 487 g/mol. The van der Waals surface area contributed by atoms with E-state index in [1.807, 2.05) is 18.2 Å². The van der Waals surface area contributed by atoms with E-state index in [-0.39, 0.29) is 6.54 Å². The SMILES string of the molecule is CC1(c2ccccc2Br)NC(=O)N(CC(=O)Nc2ccc(N3CCOCC3)cc2)C1=O. The fourth-order valence-electron chi connectivity index (χ4n) is 3.81. The van der Waals surface area contributed by atoms with E-state index < -0.39 is 23.4 Å². The summed E-state index contributed by atoms with van der Waals surface area (Å²) in [6.07, 6.45) is 0. The predicted molar refractivity (Wildman–Crippen MR) is 120 cm³/mol. The molecule has 2 aliphatic heterocycles. The topological polar surface area (TPSA) is 91.0 Å². The maximum Gasteiger partial charge on any atom is 0.325 e. The molecule has 0 saturated carbocycles. The number of rotatable bonds is 5. The molecule has 2 saturated heterocycles. The van der Waals surface area contributed by atoms with Crippen LogP contribution in [0.1, 0.15) is 12.5 Å². The molecule has 1 unspecified atom stereocenters. The van der Waals surface area contributed by atoms with Crippen molar-refractivity contribution in [1.82, 2.24) is 10.2 Å². The van der Waals surface area contributed by atoms with Crippen LogP contribution in [0.3, 0.4) is 0 Å². The first-order valence-corrected chi connectivity index (χ1v) is 10.8. The van der Waals surface area contributed by atoms with Gasteiger partial charge >= 0.3 is 6.03 Å². The van der Waals surface area contributed by atoms with Gasteiger partial charge in [-0.3, -0.25) is 14.5 Å². The summed E-state index contributed by atoms with van der Waals surface area (Å²) >= 11 is 3.43. The molecule has 2 heterocycles. The number of nitrogens with zero attached hydrogens (tertiary/aromatic N) is 2. The maximum absolute atomic E-state index is 13.0. The monoisotopic (exact) mass is 486 g/mol. The van der Waals surface area contributed by atoms with Gasteiger partial charge in [-0.05, 0) is 37.3 Å². The summed E-state index contributed by atoms with van der Waals surface area (Å²) < 4.78 is 6.07. The Morgan fingerprint density at radius 3 is 2.48 bits per heavy atom. The van der Waals surface area contributed by atoms with Crippen LogP contribution in [0.5, 0.6) is 0 Å². The predicted octanol–water partition coefficient (Wildman–Crippen LogP) is 2.69. The first-order chi connectivity index (χ1) is 14.9. The standard InChI is InChI=1S/C22H23BrN4O4/c1-22(17-4-2-3-5-18(17)23)20(29)27(21(30)25-22)14-19(28)24-15-6-8-16(9-7-15)26-10-12-31-13-11-26/h2-9H,10-14H2,1H3,(H,24,28)(H,25,30). The lowest BCUT2D eigenvalue weighted by Crippen LogP contribution is -2.42. The first kappa shape index (κ1) is 21.3. The van der Waals surface area contributed by atoms with Gasteiger partial charge in [-0.15, -0.1) is 0 Å². The zero-order valence-corrected chi connectivity index (χ0v) is 18.6. The highest BCUT2D eigenvalue weighted by Crippen LogP contribution is 2.33. The quantitative estimate of drug-likeness (QED) is 0.634. The molecule has 31 heavy (non-hydrogen) atoms. The Bertz CT molecular complexity index is 1010. The molecule has 9 heteroatoms. The smallest absolute Gasteiger partial charge is 0.325 e. The van der Waals surface area contributed by atoms with Crippen molar-refractivity contribution in [1.29, 1.82) is 0 Å². The Morgan fingerprint density at radius 1 is 1.13 bits per heavy atom. The van der Waals surface area contributed by atoms with E-state index in [4.69, 9.17) is 4.74 Å². The Balaban J connectivity index is 1.41. The number of amides is 4. The lowest BCUT2D eigenvalue weighted by molar-refractivity contribution is -0.133. The number of benzene rings is 2. The molecule has 2 fully saturated rings. The summed E-state index contributed by atoms with van der Waals surface area (Å²) in [6, 6.07) is 14.1. The summed E-state index contributed by atoms with van der Waals surface area (Å²) in [5, 5.41) is 5.47. The van der Waals surface area contributed by atoms with Crippen molar-refractivity contribution in [2.24, 2.45) is 0 Å². The molecule has 2 aliphatic rings. The lowest BCUT2D eigenvalue weighted by atomic mass is 9.92. The summed E-state index contributed by atoms with van der Waals surface area (Å²) in [7, 11) is 0. The van der Waals surface area contributed by atoms with E-state index in [1.165, 1.54) is 0 Å². The number of hydrogen-bond donors (Lipinski definition) is 2. The van der Waals surface area contributed by atoms with Gasteiger partial charge in [0, 0.05) is 34.5 Å². The van der Waals surface area contributed by atoms with Crippen molar-refractivity contribution in [2.75, 3.05) is 43.1 Å². The normalized spacial score (nSPS) is 21.2. The number of urea groups is 1. The minimum absolute atomic E-state index is 0.365. The number of carbonyl (C=O) groups is 3. The van der Waals surface area contributed by atoms with E-state index in [2.05, 4.69) is 31.5 Å². The Hall–Kier alpha value is -2.91. The highest BCUT2D eigenvalue weighted by Gasteiger charge is 2.50. The van der Waals surface area contributed by atoms with Crippen LogP contribution in [0.15, 0.2) is 53.0 Å². The number of carbonyl (C=O) groups excluding carboxylic acids is 3. The third-order valence-electron chi connectivity index (χ3n) is 5.52. The molecule has 162 valence electrons. The molecule has 0 aliphatic carbocycles. The third kappa shape index (κ3) is 4.28. The summed E-state index contributed by atoms with van der Waals surface area (Å²) in [6.45, 7) is 4.32. The molecule has 0 aromatic heterocycles. The van der Waals surface area contributed by atoms with Crippen molar-refractivity contribution < 1.29 is 19.1 Å². The zero-order valence-electron chi connectivity index (χ0n) is 17.1. The van der Waals surface area contributed by atoms with Gasteiger partial charge < -0.3 is 20.3 Å². The highest BCUT2D eigenvalue weighted by atomic mass is 79.9. The molecule has 8 nitrogen and oxygen atoms in total. The van der Waals surface area contributed by atoms with Crippen LogP contribution in [-0.4, -0.2) is 55.6 Å². The molecule has 0 radical (unpaired) electrons. The molecule has 4 rings (SSSR count). The van der Waals surface area contributed by atoms with Gasteiger partial charge in [-0.2, -0.15) is 0 Å². The first-order valence-electron chi connectivity index (χ1n) is 10.0. The molecule has 2 aromatic rings. The van der Waals surface area contributed by atoms with Crippen molar-refractivity contribution in [3.63, 3.8) is 0 Å². The van der Waals surface area contributed by atoms with Crippen LogP contribution in [-0.2, 0) is 19.9 Å². The second-order valence-electron chi connectivity index (χ2n) is 7.62. The Kier molecular flexibility index (Phi) is 5.97. The second-order valence-corrected chi connectivity index (χ2v) is 8.48. The van der Waals surface area contributed by atoms with Gasteiger partial charge in [0.05, 0.1) is 13.2 Å². The molecule has 1 atom stereocenters. The van der Waals surface area contributed by atoms with Gasteiger partial charge in [-0.25, -0.2) is 4.79 Å². The average Bonchev–Trinajstić information content (AvgIpc) is 2.99. The van der Waals surface area contributed by atoms with Gasteiger partial charge in [0.2, 0.25) is 5.91 Å².